The zero-order valence-electron chi connectivity index (χ0n) is 11.4. The average molecular weight is 370 g/mol. The minimum Gasteiger partial charge on any atom is -0.479 e. The fourth-order valence-electron chi connectivity index (χ4n) is 2.10. The second-order valence-corrected chi connectivity index (χ2v) is 5.62. The number of nitro groups is 1. The molecule has 1 aromatic rings. The molecule has 0 amide bonds. The summed E-state index contributed by atoms with van der Waals surface area (Å²) >= 11 is 11.7. The number of halogens is 2. The Balaban J connectivity index is 2.26. The summed E-state index contributed by atoms with van der Waals surface area (Å²) < 4.78 is 10.2. The van der Waals surface area contributed by atoms with Crippen molar-refractivity contribution in [2.75, 3.05) is 6.61 Å². The molecule has 128 valence electrons. The molecule has 0 spiro atoms. The highest BCUT2D eigenvalue weighted by atomic mass is 35.5. The molecule has 11 heteroatoms. The summed E-state index contributed by atoms with van der Waals surface area (Å²) in [4.78, 5) is 10.0. The van der Waals surface area contributed by atoms with E-state index in [4.69, 9.17) is 37.8 Å². The number of hydrogen-bond donors (Lipinski definition) is 4. The van der Waals surface area contributed by atoms with Gasteiger partial charge in [0.1, 0.15) is 18.3 Å². The van der Waals surface area contributed by atoms with Crippen LogP contribution in [0.2, 0.25) is 10.0 Å². The molecule has 0 aliphatic carbocycles. The van der Waals surface area contributed by atoms with Gasteiger partial charge in [-0.25, -0.2) is 0 Å². The van der Waals surface area contributed by atoms with E-state index >= 15 is 0 Å². The third-order valence-electron chi connectivity index (χ3n) is 3.29. The molecule has 0 bridgehead atoms. The summed E-state index contributed by atoms with van der Waals surface area (Å²) in [5, 5.41) is 48.8. The number of nitro benzene ring substituents is 1. The SMILES string of the molecule is O=[N+]([O-])c1cc(Cl)c(O[C@@H]2[C@@H](O)[C@@H](O)[C@@H](CO)O[C@H]2O)c(Cl)c1. The Bertz CT molecular complexity index is 577. The third kappa shape index (κ3) is 3.66. The molecule has 1 fully saturated rings. The molecular weight excluding hydrogens is 357 g/mol. The van der Waals surface area contributed by atoms with Crippen LogP contribution < -0.4 is 4.74 Å². The summed E-state index contributed by atoms with van der Waals surface area (Å²) in [5.41, 5.74) is -0.367. The van der Waals surface area contributed by atoms with Crippen molar-refractivity contribution in [1.29, 1.82) is 0 Å². The van der Waals surface area contributed by atoms with Gasteiger partial charge >= 0.3 is 0 Å². The topological polar surface area (TPSA) is 143 Å². The molecule has 1 aromatic carbocycles. The predicted octanol–water partition coefficient (Wildman–Crippen LogP) is 0.0803. The number of hydrogen-bond acceptors (Lipinski definition) is 8. The van der Waals surface area contributed by atoms with Crippen LogP contribution in [0.1, 0.15) is 0 Å². The fraction of sp³-hybridized carbons (Fsp3) is 0.500. The van der Waals surface area contributed by atoms with Gasteiger partial charge < -0.3 is 29.9 Å². The van der Waals surface area contributed by atoms with Crippen LogP contribution in [0.25, 0.3) is 0 Å². The Hall–Kier alpha value is -1.20. The van der Waals surface area contributed by atoms with Crippen LogP contribution in [0, 0.1) is 10.1 Å². The van der Waals surface area contributed by atoms with E-state index in [2.05, 4.69) is 0 Å². The maximum Gasteiger partial charge on any atom is 0.272 e. The van der Waals surface area contributed by atoms with Crippen LogP contribution in [0.5, 0.6) is 5.75 Å². The molecule has 23 heavy (non-hydrogen) atoms. The summed E-state index contributed by atoms with van der Waals surface area (Å²) in [5.74, 6) is -0.222. The van der Waals surface area contributed by atoms with Crippen molar-refractivity contribution in [2.24, 2.45) is 0 Å². The minimum atomic E-state index is -1.69. The number of ether oxygens (including phenoxy) is 2. The van der Waals surface area contributed by atoms with Gasteiger partial charge in [0.2, 0.25) is 0 Å². The summed E-state index contributed by atoms with van der Waals surface area (Å²) in [6, 6.07) is 1.97. The molecule has 0 saturated carbocycles. The molecule has 9 nitrogen and oxygen atoms in total. The van der Waals surface area contributed by atoms with Crippen molar-refractivity contribution in [3.63, 3.8) is 0 Å². The number of rotatable bonds is 4. The Kier molecular flexibility index (Phi) is 5.63. The van der Waals surface area contributed by atoms with Crippen LogP contribution >= 0.6 is 23.2 Å². The van der Waals surface area contributed by atoms with Gasteiger partial charge in [0.15, 0.2) is 18.1 Å². The molecule has 1 heterocycles. The van der Waals surface area contributed by atoms with Gasteiger partial charge in [-0.05, 0) is 0 Å². The first-order valence-electron chi connectivity index (χ1n) is 6.37. The van der Waals surface area contributed by atoms with Crippen molar-refractivity contribution in [2.45, 2.75) is 30.7 Å². The Morgan fingerprint density at radius 2 is 1.78 bits per heavy atom. The monoisotopic (exact) mass is 369 g/mol. The fourth-order valence-corrected chi connectivity index (χ4v) is 2.66. The van der Waals surface area contributed by atoms with Gasteiger partial charge in [0.05, 0.1) is 21.6 Å². The molecule has 0 unspecified atom stereocenters. The highest BCUT2D eigenvalue weighted by Crippen LogP contribution is 2.38. The van der Waals surface area contributed by atoms with E-state index in [0.717, 1.165) is 12.1 Å². The molecule has 5 atom stereocenters. The molecule has 0 aromatic heterocycles. The normalized spacial score (nSPS) is 31.0. The van der Waals surface area contributed by atoms with E-state index in [9.17, 15) is 25.4 Å². The number of aliphatic hydroxyl groups is 4. The lowest BCUT2D eigenvalue weighted by Crippen LogP contribution is -2.60. The molecule has 0 radical (unpaired) electrons. The van der Waals surface area contributed by atoms with Crippen molar-refractivity contribution in [3.8, 4) is 5.75 Å². The van der Waals surface area contributed by atoms with Crippen molar-refractivity contribution in [1.82, 2.24) is 0 Å². The molecule has 1 saturated heterocycles. The summed E-state index contributed by atoms with van der Waals surface area (Å²) in [6.45, 7) is -0.624. The van der Waals surface area contributed by atoms with E-state index < -0.39 is 42.2 Å². The van der Waals surface area contributed by atoms with Gasteiger partial charge in [-0.2, -0.15) is 0 Å². The van der Waals surface area contributed by atoms with Gasteiger partial charge in [-0.1, -0.05) is 23.2 Å². The number of benzene rings is 1. The van der Waals surface area contributed by atoms with Crippen molar-refractivity contribution < 1.29 is 34.8 Å². The molecule has 1 aliphatic heterocycles. The maximum absolute atomic E-state index is 10.7. The van der Waals surface area contributed by atoms with Crippen LogP contribution in [-0.4, -0.2) is 62.7 Å². The highest BCUT2D eigenvalue weighted by Gasteiger charge is 2.45. The van der Waals surface area contributed by atoms with E-state index in [1.807, 2.05) is 0 Å². The van der Waals surface area contributed by atoms with E-state index in [-0.39, 0.29) is 21.5 Å². The predicted molar refractivity (Wildman–Crippen MR) is 77.5 cm³/mol. The molecule has 2 rings (SSSR count). The van der Waals surface area contributed by atoms with Crippen LogP contribution in [0.4, 0.5) is 5.69 Å². The minimum absolute atomic E-state index is 0.220. The molecular formula is C12H13Cl2NO8. The van der Waals surface area contributed by atoms with E-state index in [0.29, 0.717) is 0 Å². The lowest BCUT2D eigenvalue weighted by atomic mass is 9.99. The Morgan fingerprint density at radius 3 is 2.26 bits per heavy atom. The largest absolute Gasteiger partial charge is 0.479 e. The standard InChI is InChI=1S/C12H13Cl2NO8/c13-5-1-4(15(20)21)2-6(14)10(5)23-11-9(18)8(17)7(3-16)22-12(11)19/h1-2,7-9,11-12,16-19H,3H2/t7-,8+,9+,11-,12-/m1/s1. The summed E-state index contributed by atoms with van der Waals surface area (Å²) in [6.07, 6.45) is -7.48. The molecule has 1 aliphatic rings. The zero-order chi connectivity index (χ0) is 17.3. The highest BCUT2D eigenvalue weighted by molar-refractivity contribution is 6.37. The third-order valence-corrected chi connectivity index (χ3v) is 3.85. The second kappa shape index (κ2) is 7.14. The van der Waals surface area contributed by atoms with Gasteiger partial charge in [-0.3, -0.25) is 10.1 Å². The van der Waals surface area contributed by atoms with Gasteiger partial charge in [-0.15, -0.1) is 0 Å². The van der Waals surface area contributed by atoms with Crippen LogP contribution in [-0.2, 0) is 4.74 Å². The number of aliphatic hydroxyl groups excluding tert-OH is 4. The average Bonchev–Trinajstić information content (AvgIpc) is 2.49. The number of non-ortho nitro benzene ring substituents is 1. The smallest absolute Gasteiger partial charge is 0.272 e. The van der Waals surface area contributed by atoms with Crippen molar-refractivity contribution >= 4 is 28.9 Å². The lowest BCUT2D eigenvalue weighted by Gasteiger charge is -2.39. The van der Waals surface area contributed by atoms with Gasteiger partial charge in [0.25, 0.3) is 5.69 Å². The number of nitrogens with zero attached hydrogens (tertiary/aromatic N) is 1. The van der Waals surface area contributed by atoms with Crippen LogP contribution in [0.15, 0.2) is 12.1 Å². The first-order chi connectivity index (χ1) is 10.8. The maximum atomic E-state index is 10.7. The Labute approximate surface area is 139 Å². The Morgan fingerprint density at radius 1 is 1.22 bits per heavy atom. The van der Waals surface area contributed by atoms with Gasteiger partial charge in [0, 0.05) is 12.1 Å². The quantitative estimate of drug-likeness (QED) is 0.431. The van der Waals surface area contributed by atoms with E-state index in [1.165, 1.54) is 0 Å². The zero-order valence-corrected chi connectivity index (χ0v) is 12.9. The lowest BCUT2D eigenvalue weighted by molar-refractivity contribution is -0.384. The van der Waals surface area contributed by atoms with Crippen LogP contribution in [0.3, 0.4) is 0 Å². The van der Waals surface area contributed by atoms with Crippen molar-refractivity contribution in [3.05, 3.63) is 32.3 Å². The summed E-state index contributed by atoms with van der Waals surface area (Å²) in [7, 11) is 0. The first kappa shape index (κ1) is 18.1. The second-order valence-electron chi connectivity index (χ2n) is 4.81. The van der Waals surface area contributed by atoms with E-state index in [1.54, 1.807) is 0 Å². The first-order valence-corrected chi connectivity index (χ1v) is 7.12. The molecule has 4 N–H and O–H groups in total.